The first-order valence-corrected chi connectivity index (χ1v) is 11.1. The zero-order valence-corrected chi connectivity index (χ0v) is 17.3. The van der Waals surface area contributed by atoms with Gasteiger partial charge in [0.1, 0.15) is 0 Å². The summed E-state index contributed by atoms with van der Waals surface area (Å²) in [6.45, 7) is 2.30. The second-order valence-corrected chi connectivity index (χ2v) is 9.49. The summed E-state index contributed by atoms with van der Waals surface area (Å²) in [6.07, 6.45) is -0.218. The molecule has 0 amide bonds. The highest BCUT2D eigenvalue weighted by Gasteiger charge is 2.34. The summed E-state index contributed by atoms with van der Waals surface area (Å²) in [6, 6.07) is 11.4. The van der Waals surface area contributed by atoms with E-state index in [4.69, 9.17) is 11.6 Å². The molecule has 1 saturated heterocycles. The van der Waals surface area contributed by atoms with Crippen molar-refractivity contribution in [1.29, 1.82) is 0 Å². The van der Waals surface area contributed by atoms with Gasteiger partial charge in [-0.05, 0) is 37.6 Å². The van der Waals surface area contributed by atoms with Crippen LogP contribution in [0.3, 0.4) is 0 Å². The van der Waals surface area contributed by atoms with Crippen molar-refractivity contribution >= 4 is 38.3 Å². The third kappa shape index (κ3) is 3.71. The first kappa shape index (κ1) is 20.1. The molecule has 0 radical (unpaired) electrons. The minimum Gasteiger partial charge on any atom is -0.354 e. The van der Waals surface area contributed by atoms with Gasteiger partial charge in [-0.3, -0.25) is 0 Å². The molecule has 0 unspecified atom stereocenters. The Hall–Kier alpha value is -2.19. The van der Waals surface area contributed by atoms with Crippen molar-refractivity contribution in [3.05, 3.63) is 53.1 Å². The smallest absolute Gasteiger partial charge is 0.283 e. The average Bonchev–Trinajstić information content (AvgIpc) is 2.97. The standard InChI is InChI=1S/C20H20ClF2N3O2S/c1-14-6-8-15(9-7-14)29(27,28)26-17-5-2-4-16(21)18(17)19(24-26)25-12-3-10-20(22,23)11-13-25/h2,4-9H,3,10-13H2,1H3. The molecular formula is C20H20ClF2N3O2S. The number of anilines is 1. The largest absolute Gasteiger partial charge is 0.354 e. The molecule has 9 heteroatoms. The molecule has 1 aliphatic heterocycles. The quantitative estimate of drug-likeness (QED) is 0.584. The molecule has 0 aliphatic carbocycles. The molecule has 0 spiro atoms. The number of hydrogen-bond acceptors (Lipinski definition) is 4. The maximum Gasteiger partial charge on any atom is 0.283 e. The highest BCUT2D eigenvalue weighted by molar-refractivity contribution is 7.90. The third-order valence-corrected chi connectivity index (χ3v) is 7.09. The highest BCUT2D eigenvalue weighted by atomic mass is 35.5. The lowest BCUT2D eigenvalue weighted by molar-refractivity contribution is -0.0102. The first-order valence-electron chi connectivity index (χ1n) is 9.31. The van der Waals surface area contributed by atoms with E-state index in [9.17, 15) is 17.2 Å². The minimum absolute atomic E-state index is 0.0783. The predicted molar refractivity (Wildman–Crippen MR) is 110 cm³/mol. The zero-order chi connectivity index (χ0) is 20.8. The Labute approximate surface area is 172 Å². The average molecular weight is 440 g/mol. The monoisotopic (exact) mass is 439 g/mol. The fourth-order valence-electron chi connectivity index (χ4n) is 3.57. The lowest BCUT2D eigenvalue weighted by Gasteiger charge is -2.20. The normalized spacial score (nSPS) is 17.4. The van der Waals surface area contributed by atoms with E-state index in [1.807, 2.05) is 6.92 Å². The van der Waals surface area contributed by atoms with Crippen LogP contribution in [0.5, 0.6) is 0 Å². The van der Waals surface area contributed by atoms with E-state index in [1.165, 1.54) is 12.1 Å². The number of fused-ring (bicyclic) bond motifs is 1. The first-order chi connectivity index (χ1) is 13.7. The molecule has 5 nitrogen and oxygen atoms in total. The Morgan fingerprint density at radius 3 is 2.52 bits per heavy atom. The summed E-state index contributed by atoms with van der Waals surface area (Å²) in [7, 11) is -3.98. The lowest BCUT2D eigenvalue weighted by Crippen LogP contribution is -2.26. The van der Waals surface area contributed by atoms with Crippen LogP contribution in [-0.2, 0) is 10.0 Å². The molecule has 29 heavy (non-hydrogen) atoms. The van der Waals surface area contributed by atoms with E-state index in [1.54, 1.807) is 35.2 Å². The highest BCUT2D eigenvalue weighted by Crippen LogP contribution is 2.37. The molecule has 1 fully saturated rings. The number of rotatable bonds is 3. The summed E-state index contributed by atoms with van der Waals surface area (Å²) < 4.78 is 55.1. The molecule has 0 bridgehead atoms. The van der Waals surface area contributed by atoms with Crippen LogP contribution in [0.1, 0.15) is 24.8 Å². The Morgan fingerprint density at radius 2 is 1.79 bits per heavy atom. The maximum absolute atomic E-state index is 13.8. The van der Waals surface area contributed by atoms with Gasteiger partial charge >= 0.3 is 0 Å². The summed E-state index contributed by atoms with van der Waals surface area (Å²) in [4.78, 5) is 1.80. The Kier molecular flexibility index (Phi) is 5.02. The summed E-state index contributed by atoms with van der Waals surface area (Å²) in [5.74, 6) is -2.41. The fourth-order valence-corrected chi connectivity index (χ4v) is 5.10. The fraction of sp³-hybridized carbons (Fsp3) is 0.350. The van der Waals surface area contributed by atoms with Crippen molar-refractivity contribution in [1.82, 2.24) is 9.19 Å². The van der Waals surface area contributed by atoms with Crippen LogP contribution < -0.4 is 4.90 Å². The van der Waals surface area contributed by atoms with Gasteiger partial charge < -0.3 is 4.90 Å². The van der Waals surface area contributed by atoms with Crippen LogP contribution in [0.25, 0.3) is 10.9 Å². The lowest BCUT2D eigenvalue weighted by atomic mass is 10.1. The van der Waals surface area contributed by atoms with Crippen molar-refractivity contribution in [3.8, 4) is 0 Å². The number of aromatic nitrogens is 2. The molecule has 3 aromatic rings. The van der Waals surface area contributed by atoms with E-state index in [2.05, 4.69) is 5.10 Å². The molecule has 0 atom stereocenters. The Morgan fingerprint density at radius 1 is 1.07 bits per heavy atom. The van der Waals surface area contributed by atoms with Crippen LogP contribution in [-0.4, -0.2) is 36.6 Å². The Balaban J connectivity index is 1.87. The summed E-state index contributed by atoms with van der Waals surface area (Å²) in [5, 5.41) is 5.15. The number of halogens is 3. The van der Waals surface area contributed by atoms with Crippen LogP contribution in [0.4, 0.5) is 14.6 Å². The van der Waals surface area contributed by atoms with Gasteiger partial charge in [-0.25, -0.2) is 8.78 Å². The van der Waals surface area contributed by atoms with Gasteiger partial charge in [-0.2, -0.15) is 12.5 Å². The molecule has 4 rings (SSSR count). The third-order valence-electron chi connectivity index (χ3n) is 5.17. The molecule has 2 aromatic carbocycles. The van der Waals surface area contributed by atoms with E-state index < -0.39 is 15.9 Å². The topological polar surface area (TPSA) is 55.2 Å². The number of nitrogens with zero attached hydrogens (tertiary/aromatic N) is 3. The second kappa shape index (κ2) is 7.25. The molecule has 154 valence electrons. The van der Waals surface area contributed by atoms with E-state index in [-0.39, 0.29) is 30.7 Å². The number of hydrogen-bond donors (Lipinski definition) is 0. The van der Waals surface area contributed by atoms with Crippen LogP contribution >= 0.6 is 11.6 Å². The number of benzene rings is 2. The summed E-state index contributed by atoms with van der Waals surface area (Å²) in [5.41, 5.74) is 1.26. The predicted octanol–water partition coefficient (Wildman–Crippen LogP) is 4.86. The van der Waals surface area contributed by atoms with Gasteiger partial charge in [-0.1, -0.05) is 35.4 Å². The van der Waals surface area contributed by atoms with Crippen LogP contribution in [0.15, 0.2) is 47.4 Å². The number of aryl methyl sites for hydroxylation is 1. The van der Waals surface area contributed by atoms with Gasteiger partial charge in [0.2, 0.25) is 5.92 Å². The van der Waals surface area contributed by atoms with E-state index in [0.29, 0.717) is 28.3 Å². The SMILES string of the molecule is Cc1ccc(S(=O)(=O)n2nc(N3CCCC(F)(F)CC3)c3c(Cl)cccc32)cc1. The van der Waals surface area contributed by atoms with Crippen molar-refractivity contribution in [2.45, 2.75) is 37.0 Å². The van der Waals surface area contributed by atoms with Crippen molar-refractivity contribution in [2.24, 2.45) is 0 Å². The minimum atomic E-state index is -3.98. The second-order valence-electron chi connectivity index (χ2n) is 7.32. The van der Waals surface area contributed by atoms with Crippen LogP contribution in [0.2, 0.25) is 5.02 Å². The Bertz CT molecular complexity index is 1160. The number of alkyl halides is 2. The van der Waals surface area contributed by atoms with Crippen molar-refractivity contribution < 1.29 is 17.2 Å². The zero-order valence-electron chi connectivity index (χ0n) is 15.8. The van der Waals surface area contributed by atoms with Crippen LogP contribution in [0, 0.1) is 6.92 Å². The van der Waals surface area contributed by atoms with Gasteiger partial charge in [0.05, 0.1) is 20.8 Å². The van der Waals surface area contributed by atoms with E-state index in [0.717, 1.165) is 9.65 Å². The molecule has 0 saturated carbocycles. The maximum atomic E-state index is 13.8. The van der Waals surface area contributed by atoms with Crippen molar-refractivity contribution in [3.63, 3.8) is 0 Å². The molecule has 2 heterocycles. The molecule has 1 aliphatic rings. The summed E-state index contributed by atoms with van der Waals surface area (Å²) >= 11 is 6.39. The van der Waals surface area contributed by atoms with Gasteiger partial charge in [0.15, 0.2) is 5.82 Å². The van der Waals surface area contributed by atoms with Crippen molar-refractivity contribution in [2.75, 3.05) is 18.0 Å². The van der Waals surface area contributed by atoms with Gasteiger partial charge in [0.25, 0.3) is 10.0 Å². The molecular weight excluding hydrogens is 420 g/mol. The molecule has 0 N–H and O–H groups in total. The van der Waals surface area contributed by atoms with Gasteiger partial charge in [0, 0.05) is 25.9 Å². The molecule has 1 aromatic heterocycles. The van der Waals surface area contributed by atoms with E-state index >= 15 is 0 Å². The van der Waals surface area contributed by atoms with Gasteiger partial charge in [-0.15, -0.1) is 5.10 Å².